The molecule has 6 rings (SSSR count). The Kier molecular flexibility index (Phi) is 5.32. The molecule has 2 aromatic heterocycles. The number of amidine groups is 1. The van der Waals surface area contributed by atoms with E-state index in [9.17, 15) is 9.59 Å². The van der Waals surface area contributed by atoms with Gasteiger partial charge in [-0.1, -0.05) is 12.1 Å². The first kappa shape index (κ1) is 22.4. The highest BCUT2D eigenvalue weighted by Gasteiger charge is 2.27. The molecule has 0 bridgehead atoms. The number of aliphatic imine (C=N–C) groups is 1. The third-order valence-corrected chi connectivity index (χ3v) is 7.06. The van der Waals surface area contributed by atoms with Gasteiger partial charge in [0.05, 0.1) is 30.0 Å². The van der Waals surface area contributed by atoms with E-state index in [-0.39, 0.29) is 23.3 Å². The number of hydrogen-bond donors (Lipinski definition) is 3. The van der Waals surface area contributed by atoms with Crippen LogP contribution in [0.5, 0.6) is 11.5 Å². The lowest BCUT2D eigenvalue weighted by Crippen LogP contribution is -2.33. The summed E-state index contributed by atoms with van der Waals surface area (Å²) in [6.07, 6.45) is 1.54. The summed E-state index contributed by atoms with van der Waals surface area (Å²) in [6, 6.07) is 11.0. The number of nitrogens with one attached hydrogen (secondary N) is 3. The van der Waals surface area contributed by atoms with E-state index >= 15 is 0 Å². The first-order chi connectivity index (χ1) is 17.4. The third-order valence-electron chi connectivity index (χ3n) is 7.06. The largest absolute Gasteiger partial charge is 0.487 e. The van der Waals surface area contributed by atoms with Crippen LogP contribution in [0.1, 0.15) is 29.2 Å². The van der Waals surface area contributed by atoms with Gasteiger partial charge in [-0.15, -0.1) is 0 Å². The number of aromatic nitrogens is 2. The van der Waals surface area contributed by atoms with Gasteiger partial charge in [0.1, 0.15) is 23.7 Å². The van der Waals surface area contributed by atoms with Crippen molar-refractivity contribution < 1.29 is 9.47 Å². The molecule has 0 spiro atoms. The van der Waals surface area contributed by atoms with E-state index < -0.39 is 0 Å². The Bertz CT molecular complexity index is 1670. The lowest BCUT2D eigenvalue weighted by Gasteiger charge is -2.14. The van der Waals surface area contributed by atoms with E-state index in [0.29, 0.717) is 13.1 Å². The SMILES string of the molecule is CC(=NCC1Cc2cc(C)c3[nH]c(=O)ccc3c2O1)NCC1Cc2cc(C)c3[nH]c(=O)ccc3c2O1. The highest BCUT2D eigenvalue weighted by molar-refractivity contribution is 5.90. The number of pyridine rings is 2. The molecule has 0 radical (unpaired) electrons. The quantitative estimate of drug-likeness (QED) is 0.304. The van der Waals surface area contributed by atoms with Crippen molar-refractivity contribution in [2.24, 2.45) is 4.99 Å². The summed E-state index contributed by atoms with van der Waals surface area (Å²) in [6.45, 7) is 7.15. The number of nitrogens with zero attached hydrogens (tertiary/aromatic N) is 1. The summed E-state index contributed by atoms with van der Waals surface area (Å²) in [5, 5.41) is 5.28. The maximum atomic E-state index is 11.7. The van der Waals surface area contributed by atoms with Gasteiger partial charge in [-0.3, -0.25) is 14.6 Å². The summed E-state index contributed by atoms with van der Waals surface area (Å²) in [7, 11) is 0. The van der Waals surface area contributed by atoms with Crippen LogP contribution in [-0.4, -0.2) is 41.1 Å². The Balaban J connectivity index is 1.09. The summed E-state index contributed by atoms with van der Waals surface area (Å²) in [4.78, 5) is 34.0. The summed E-state index contributed by atoms with van der Waals surface area (Å²) in [5.74, 6) is 2.54. The Labute approximate surface area is 207 Å². The summed E-state index contributed by atoms with van der Waals surface area (Å²) >= 11 is 0. The first-order valence-electron chi connectivity index (χ1n) is 12.2. The van der Waals surface area contributed by atoms with E-state index in [1.165, 1.54) is 6.07 Å². The molecule has 2 aliphatic heterocycles. The summed E-state index contributed by atoms with van der Waals surface area (Å²) in [5.41, 5.74) is 5.84. The van der Waals surface area contributed by atoms with Gasteiger partial charge in [0, 0.05) is 35.7 Å². The second-order valence-electron chi connectivity index (χ2n) is 9.78. The smallest absolute Gasteiger partial charge is 0.248 e. The Morgan fingerprint density at radius 3 is 2.00 bits per heavy atom. The van der Waals surface area contributed by atoms with Crippen LogP contribution in [0.2, 0.25) is 0 Å². The number of H-pyrrole nitrogens is 2. The number of ether oxygens (including phenoxy) is 2. The van der Waals surface area contributed by atoms with Gasteiger partial charge in [-0.2, -0.15) is 0 Å². The van der Waals surface area contributed by atoms with Gasteiger partial charge in [0.25, 0.3) is 0 Å². The summed E-state index contributed by atoms with van der Waals surface area (Å²) < 4.78 is 12.5. The van der Waals surface area contributed by atoms with Crippen LogP contribution in [0.15, 0.2) is 51.0 Å². The number of aryl methyl sites for hydroxylation is 2. The zero-order valence-electron chi connectivity index (χ0n) is 20.5. The van der Waals surface area contributed by atoms with Crippen molar-refractivity contribution in [2.45, 2.75) is 45.8 Å². The highest BCUT2D eigenvalue weighted by atomic mass is 16.5. The standard InChI is InChI=1S/C28H28N4O4/c1-14-8-17-10-19(35-27(17)21-4-6-23(33)31-25(14)21)12-29-16(3)30-13-20-11-18-9-15(2)26-22(28(18)36-20)5-7-24(34)32-26/h4-9,19-20H,10-13H2,1-3H3,(H,29,30)(H,31,33)(H,32,34). The molecular weight excluding hydrogens is 456 g/mol. The predicted octanol–water partition coefficient (Wildman–Crippen LogP) is 3.30. The number of fused-ring (bicyclic) bond motifs is 6. The van der Waals surface area contributed by atoms with Crippen molar-refractivity contribution in [2.75, 3.05) is 13.1 Å². The minimum atomic E-state index is -0.112. The van der Waals surface area contributed by atoms with Crippen molar-refractivity contribution in [1.82, 2.24) is 15.3 Å². The van der Waals surface area contributed by atoms with Crippen LogP contribution < -0.4 is 25.9 Å². The van der Waals surface area contributed by atoms with Crippen molar-refractivity contribution in [1.29, 1.82) is 0 Å². The molecule has 0 saturated heterocycles. The van der Waals surface area contributed by atoms with Gasteiger partial charge >= 0.3 is 0 Å². The molecule has 0 aliphatic carbocycles. The number of rotatable bonds is 4. The molecule has 4 aromatic rings. The molecule has 0 fully saturated rings. The fourth-order valence-corrected chi connectivity index (χ4v) is 5.35. The number of hydrogen-bond acceptors (Lipinski definition) is 5. The Morgan fingerprint density at radius 2 is 1.42 bits per heavy atom. The van der Waals surface area contributed by atoms with E-state index in [4.69, 9.17) is 14.5 Å². The Hall–Kier alpha value is -4.07. The molecule has 2 aromatic carbocycles. The molecule has 36 heavy (non-hydrogen) atoms. The van der Waals surface area contributed by atoms with Gasteiger partial charge in [-0.25, -0.2) is 0 Å². The second kappa shape index (κ2) is 8.55. The van der Waals surface area contributed by atoms with Crippen molar-refractivity contribution in [3.63, 3.8) is 0 Å². The van der Waals surface area contributed by atoms with Gasteiger partial charge < -0.3 is 24.8 Å². The van der Waals surface area contributed by atoms with Gasteiger partial charge in [0.2, 0.25) is 11.1 Å². The Morgan fingerprint density at radius 1 is 0.889 bits per heavy atom. The average molecular weight is 485 g/mol. The molecule has 2 unspecified atom stereocenters. The molecule has 4 heterocycles. The predicted molar refractivity (Wildman–Crippen MR) is 141 cm³/mol. The van der Waals surface area contributed by atoms with E-state index in [0.717, 1.165) is 74.2 Å². The van der Waals surface area contributed by atoms with Gasteiger partial charge in [0.15, 0.2) is 0 Å². The minimum Gasteiger partial charge on any atom is -0.487 e. The topological polar surface area (TPSA) is 109 Å². The first-order valence-corrected chi connectivity index (χ1v) is 12.2. The number of benzene rings is 2. The molecule has 0 amide bonds. The molecule has 0 saturated carbocycles. The monoisotopic (exact) mass is 484 g/mol. The van der Waals surface area contributed by atoms with Crippen LogP contribution in [0, 0.1) is 13.8 Å². The molecular formula is C28H28N4O4. The van der Waals surface area contributed by atoms with Crippen LogP contribution in [-0.2, 0) is 12.8 Å². The maximum absolute atomic E-state index is 11.7. The highest BCUT2D eigenvalue weighted by Crippen LogP contribution is 2.38. The van der Waals surface area contributed by atoms with E-state index in [1.807, 2.05) is 32.9 Å². The fourth-order valence-electron chi connectivity index (χ4n) is 5.35. The number of aromatic amines is 2. The second-order valence-corrected chi connectivity index (χ2v) is 9.78. The molecule has 8 heteroatoms. The average Bonchev–Trinajstić information content (AvgIpc) is 3.45. The van der Waals surface area contributed by atoms with Crippen LogP contribution in [0.3, 0.4) is 0 Å². The van der Waals surface area contributed by atoms with Crippen molar-refractivity contribution in [3.05, 3.63) is 79.4 Å². The third kappa shape index (κ3) is 3.92. The van der Waals surface area contributed by atoms with Gasteiger partial charge in [-0.05, 0) is 55.2 Å². The molecule has 2 atom stereocenters. The lowest BCUT2D eigenvalue weighted by molar-refractivity contribution is 0.236. The van der Waals surface area contributed by atoms with Crippen LogP contribution >= 0.6 is 0 Å². The molecule has 8 nitrogen and oxygen atoms in total. The molecule has 3 N–H and O–H groups in total. The molecule has 184 valence electrons. The van der Waals surface area contributed by atoms with Crippen LogP contribution in [0.4, 0.5) is 0 Å². The normalized spacial score (nSPS) is 18.7. The fraction of sp³-hybridized carbons (Fsp3) is 0.321. The van der Waals surface area contributed by atoms with E-state index in [1.54, 1.807) is 6.07 Å². The maximum Gasteiger partial charge on any atom is 0.248 e. The van der Waals surface area contributed by atoms with E-state index in [2.05, 4.69) is 27.4 Å². The van der Waals surface area contributed by atoms with Crippen molar-refractivity contribution in [3.8, 4) is 11.5 Å². The minimum absolute atomic E-state index is 0.00874. The molecule has 2 aliphatic rings. The lowest BCUT2D eigenvalue weighted by atomic mass is 10.0. The zero-order valence-corrected chi connectivity index (χ0v) is 20.5. The van der Waals surface area contributed by atoms with Crippen LogP contribution in [0.25, 0.3) is 21.8 Å². The zero-order chi connectivity index (χ0) is 25.0. The van der Waals surface area contributed by atoms with Crippen molar-refractivity contribution >= 4 is 27.6 Å².